The standard InChI is InChI=1S/C22H20N4O4S/c1-3-9-26-21(16-7-8-18-19(11-16)30-13-29-18)24-25-22(26)31-12-20(28)23-17-6-4-5-15(10-17)14(2)27/h3-8,10-11H,1,9,12-13H2,2H3,(H,23,28). The molecule has 1 aliphatic heterocycles. The number of benzene rings is 2. The molecule has 0 saturated carbocycles. The molecule has 0 saturated heterocycles. The summed E-state index contributed by atoms with van der Waals surface area (Å²) in [5, 5.41) is 12.0. The van der Waals surface area contributed by atoms with Crippen LogP contribution >= 0.6 is 11.8 Å². The van der Waals surface area contributed by atoms with Gasteiger partial charge in [-0.1, -0.05) is 30.0 Å². The molecule has 1 amide bonds. The number of allylic oxidation sites excluding steroid dienone is 1. The Kier molecular flexibility index (Phi) is 6.03. The van der Waals surface area contributed by atoms with E-state index in [-0.39, 0.29) is 24.2 Å². The summed E-state index contributed by atoms with van der Waals surface area (Å²) >= 11 is 1.27. The highest BCUT2D eigenvalue weighted by Gasteiger charge is 2.19. The van der Waals surface area contributed by atoms with Gasteiger partial charge >= 0.3 is 0 Å². The lowest BCUT2D eigenvalue weighted by Gasteiger charge is -2.09. The maximum atomic E-state index is 12.4. The number of ether oxygens (including phenoxy) is 2. The van der Waals surface area contributed by atoms with Crippen LogP contribution in [0, 0.1) is 0 Å². The first-order chi connectivity index (χ1) is 15.0. The number of rotatable bonds is 8. The molecular formula is C22H20N4O4S. The number of anilines is 1. The van der Waals surface area contributed by atoms with Gasteiger partial charge in [0.25, 0.3) is 0 Å². The average molecular weight is 436 g/mol. The predicted molar refractivity (Wildman–Crippen MR) is 118 cm³/mol. The van der Waals surface area contributed by atoms with Crippen LogP contribution in [0.15, 0.2) is 60.3 Å². The summed E-state index contributed by atoms with van der Waals surface area (Å²) in [6.07, 6.45) is 1.75. The van der Waals surface area contributed by atoms with Gasteiger partial charge in [0.15, 0.2) is 28.3 Å². The van der Waals surface area contributed by atoms with Gasteiger partial charge in [0.2, 0.25) is 12.7 Å². The van der Waals surface area contributed by atoms with Gasteiger partial charge < -0.3 is 14.8 Å². The third-order valence-electron chi connectivity index (χ3n) is 4.54. The Morgan fingerprint density at radius 1 is 1.19 bits per heavy atom. The fourth-order valence-corrected chi connectivity index (χ4v) is 3.83. The van der Waals surface area contributed by atoms with Gasteiger partial charge in [-0.25, -0.2) is 0 Å². The fraction of sp³-hybridized carbons (Fsp3) is 0.182. The molecule has 9 heteroatoms. The Morgan fingerprint density at radius 3 is 2.84 bits per heavy atom. The average Bonchev–Trinajstić information content (AvgIpc) is 3.39. The molecule has 1 aliphatic rings. The molecule has 1 N–H and O–H groups in total. The summed E-state index contributed by atoms with van der Waals surface area (Å²) in [5.74, 6) is 1.88. The van der Waals surface area contributed by atoms with Crippen LogP contribution in [0.25, 0.3) is 11.4 Å². The van der Waals surface area contributed by atoms with Gasteiger partial charge in [0, 0.05) is 23.4 Å². The van der Waals surface area contributed by atoms with E-state index >= 15 is 0 Å². The highest BCUT2D eigenvalue weighted by atomic mass is 32.2. The Hall–Kier alpha value is -3.59. The second-order valence-corrected chi connectivity index (χ2v) is 7.69. The van der Waals surface area contributed by atoms with E-state index in [4.69, 9.17) is 9.47 Å². The minimum atomic E-state index is -0.205. The van der Waals surface area contributed by atoms with Crippen molar-refractivity contribution in [2.24, 2.45) is 0 Å². The SMILES string of the molecule is C=CCn1c(SCC(=O)Nc2cccc(C(C)=O)c2)nnc1-c1ccc2c(c1)OCO2. The Labute approximate surface area is 183 Å². The summed E-state index contributed by atoms with van der Waals surface area (Å²) in [6.45, 7) is 5.98. The fourth-order valence-electron chi connectivity index (χ4n) is 3.08. The van der Waals surface area contributed by atoms with Crippen LogP contribution in [0.4, 0.5) is 5.69 Å². The third kappa shape index (κ3) is 4.61. The van der Waals surface area contributed by atoms with Crippen LogP contribution in [-0.4, -0.2) is 39.0 Å². The van der Waals surface area contributed by atoms with E-state index in [0.29, 0.717) is 40.3 Å². The van der Waals surface area contributed by atoms with Crippen molar-refractivity contribution in [3.8, 4) is 22.9 Å². The number of thioether (sulfide) groups is 1. The molecule has 4 rings (SSSR count). The van der Waals surface area contributed by atoms with E-state index in [0.717, 1.165) is 5.56 Å². The van der Waals surface area contributed by atoms with E-state index in [1.54, 1.807) is 30.3 Å². The van der Waals surface area contributed by atoms with Gasteiger partial charge in [-0.05, 0) is 37.3 Å². The molecule has 1 aromatic heterocycles. The van der Waals surface area contributed by atoms with Crippen LogP contribution < -0.4 is 14.8 Å². The number of hydrogen-bond acceptors (Lipinski definition) is 7. The number of carbonyl (C=O) groups excluding carboxylic acids is 2. The molecule has 8 nitrogen and oxygen atoms in total. The first-order valence-electron chi connectivity index (χ1n) is 9.53. The highest BCUT2D eigenvalue weighted by Crippen LogP contribution is 2.36. The van der Waals surface area contributed by atoms with Gasteiger partial charge in [-0.2, -0.15) is 0 Å². The van der Waals surface area contributed by atoms with E-state index in [1.807, 2.05) is 22.8 Å². The summed E-state index contributed by atoms with van der Waals surface area (Å²) in [7, 11) is 0. The summed E-state index contributed by atoms with van der Waals surface area (Å²) in [5.41, 5.74) is 1.95. The molecule has 31 heavy (non-hydrogen) atoms. The highest BCUT2D eigenvalue weighted by molar-refractivity contribution is 7.99. The number of aromatic nitrogens is 3. The smallest absolute Gasteiger partial charge is 0.234 e. The molecule has 0 bridgehead atoms. The number of ketones is 1. The van der Waals surface area contributed by atoms with E-state index < -0.39 is 0 Å². The summed E-state index contributed by atoms with van der Waals surface area (Å²) in [4.78, 5) is 23.9. The van der Waals surface area contributed by atoms with Crippen molar-refractivity contribution in [2.75, 3.05) is 17.9 Å². The molecule has 158 valence electrons. The van der Waals surface area contributed by atoms with Crippen LogP contribution in [0.5, 0.6) is 11.5 Å². The minimum absolute atomic E-state index is 0.0564. The van der Waals surface area contributed by atoms with Crippen LogP contribution in [0.1, 0.15) is 17.3 Å². The van der Waals surface area contributed by atoms with Gasteiger partial charge in [-0.15, -0.1) is 16.8 Å². The quantitative estimate of drug-likeness (QED) is 0.326. The van der Waals surface area contributed by atoms with Gasteiger partial charge in [0.1, 0.15) is 0 Å². The first-order valence-corrected chi connectivity index (χ1v) is 10.5. The molecule has 0 atom stereocenters. The second kappa shape index (κ2) is 9.05. The van der Waals surface area contributed by atoms with Crippen LogP contribution in [0.2, 0.25) is 0 Å². The maximum Gasteiger partial charge on any atom is 0.234 e. The van der Waals surface area contributed by atoms with Crippen molar-refractivity contribution in [1.29, 1.82) is 0 Å². The van der Waals surface area contributed by atoms with E-state index in [2.05, 4.69) is 22.1 Å². The number of carbonyl (C=O) groups is 2. The monoisotopic (exact) mass is 436 g/mol. The zero-order valence-electron chi connectivity index (χ0n) is 16.8. The lowest BCUT2D eigenvalue weighted by molar-refractivity contribution is -0.113. The second-order valence-electron chi connectivity index (χ2n) is 6.75. The largest absolute Gasteiger partial charge is 0.454 e. The Balaban J connectivity index is 1.47. The number of nitrogens with one attached hydrogen (secondary N) is 1. The topological polar surface area (TPSA) is 95.3 Å². The first kappa shape index (κ1) is 20.7. The molecule has 2 heterocycles. The van der Waals surface area contributed by atoms with E-state index in [1.165, 1.54) is 18.7 Å². The van der Waals surface area contributed by atoms with Crippen molar-refractivity contribution in [2.45, 2.75) is 18.6 Å². The number of nitrogens with zero attached hydrogens (tertiary/aromatic N) is 3. The molecule has 2 aromatic carbocycles. The molecular weight excluding hydrogens is 416 g/mol. The van der Waals surface area contributed by atoms with Crippen LogP contribution in [0.3, 0.4) is 0 Å². The maximum absolute atomic E-state index is 12.4. The minimum Gasteiger partial charge on any atom is -0.454 e. The van der Waals surface area contributed by atoms with Crippen molar-refractivity contribution in [3.63, 3.8) is 0 Å². The summed E-state index contributed by atoms with van der Waals surface area (Å²) in [6, 6.07) is 12.4. The lowest BCUT2D eigenvalue weighted by atomic mass is 10.1. The Morgan fingerprint density at radius 2 is 2.03 bits per heavy atom. The van der Waals surface area contributed by atoms with E-state index in [9.17, 15) is 9.59 Å². The third-order valence-corrected chi connectivity index (χ3v) is 5.51. The molecule has 0 spiro atoms. The van der Waals surface area contributed by atoms with Crippen LogP contribution in [-0.2, 0) is 11.3 Å². The lowest BCUT2D eigenvalue weighted by Crippen LogP contribution is -2.15. The van der Waals surface area contributed by atoms with Crippen molar-refractivity contribution in [1.82, 2.24) is 14.8 Å². The zero-order chi connectivity index (χ0) is 21.8. The molecule has 0 radical (unpaired) electrons. The molecule has 0 fully saturated rings. The molecule has 0 aliphatic carbocycles. The number of amides is 1. The number of fused-ring (bicyclic) bond motifs is 1. The Bertz CT molecular complexity index is 1160. The predicted octanol–water partition coefficient (Wildman–Crippen LogP) is 3.79. The van der Waals surface area contributed by atoms with Crippen molar-refractivity contribution >= 4 is 29.1 Å². The molecule has 3 aromatic rings. The zero-order valence-corrected chi connectivity index (χ0v) is 17.6. The van der Waals surface area contributed by atoms with Crippen molar-refractivity contribution < 1.29 is 19.1 Å². The molecule has 0 unspecified atom stereocenters. The van der Waals surface area contributed by atoms with Gasteiger partial charge in [0.05, 0.1) is 5.75 Å². The summed E-state index contributed by atoms with van der Waals surface area (Å²) < 4.78 is 12.7. The normalized spacial score (nSPS) is 11.9. The number of hydrogen-bond donors (Lipinski definition) is 1. The van der Waals surface area contributed by atoms with Crippen molar-refractivity contribution in [3.05, 3.63) is 60.7 Å². The van der Waals surface area contributed by atoms with Gasteiger partial charge in [-0.3, -0.25) is 14.2 Å². The number of Topliss-reactive ketones (excluding diaryl/α,β-unsaturated/α-hetero) is 1.